The molecule has 2 fully saturated rings. The van der Waals surface area contributed by atoms with Crippen LogP contribution in [0.3, 0.4) is 0 Å². The van der Waals surface area contributed by atoms with Crippen LogP contribution in [0.25, 0.3) is 0 Å². The lowest BCUT2D eigenvalue weighted by Crippen LogP contribution is -2.44. The zero-order valence-electron chi connectivity index (χ0n) is 17.8. The lowest BCUT2D eigenvalue weighted by molar-refractivity contribution is -0.137. The van der Waals surface area contributed by atoms with Crippen LogP contribution in [0.5, 0.6) is 0 Å². The maximum absolute atomic E-state index is 12.9. The summed E-state index contributed by atoms with van der Waals surface area (Å²) in [6.45, 7) is 5.30. The molecule has 2 aliphatic rings. The molecule has 0 aliphatic carbocycles. The highest BCUT2D eigenvalue weighted by Crippen LogP contribution is 2.24. The Morgan fingerprint density at radius 2 is 1.80 bits per heavy atom. The molecule has 3 heterocycles. The van der Waals surface area contributed by atoms with Crippen LogP contribution in [-0.4, -0.2) is 53.0 Å². The molecule has 1 aromatic heterocycles. The van der Waals surface area contributed by atoms with E-state index in [1.807, 2.05) is 23.1 Å². The molecule has 160 valence electrons. The molecule has 0 bridgehead atoms. The van der Waals surface area contributed by atoms with Crippen molar-refractivity contribution in [2.75, 3.05) is 26.2 Å². The van der Waals surface area contributed by atoms with Crippen LogP contribution in [-0.2, 0) is 22.7 Å². The number of hydrogen-bond acceptors (Lipinski definition) is 4. The van der Waals surface area contributed by atoms with Crippen molar-refractivity contribution in [2.24, 2.45) is 5.92 Å². The third-order valence-corrected chi connectivity index (χ3v) is 6.34. The van der Waals surface area contributed by atoms with Crippen molar-refractivity contribution in [1.82, 2.24) is 14.8 Å². The molecule has 1 aromatic carbocycles. The zero-order chi connectivity index (χ0) is 20.6. The maximum atomic E-state index is 12.9. The predicted molar refractivity (Wildman–Crippen MR) is 118 cm³/mol. The molecule has 2 aliphatic heterocycles. The van der Waals surface area contributed by atoms with E-state index >= 15 is 0 Å². The predicted octanol–water partition coefficient (Wildman–Crippen LogP) is 3.89. The number of pyridine rings is 1. The highest BCUT2D eigenvalue weighted by atomic mass is 16.5. The maximum Gasteiger partial charge on any atom is 0.222 e. The first kappa shape index (κ1) is 21.0. The smallest absolute Gasteiger partial charge is 0.222 e. The van der Waals surface area contributed by atoms with Gasteiger partial charge in [0, 0.05) is 32.3 Å². The molecular weight excluding hydrogens is 374 g/mol. The number of aromatic nitrogens is 1. The van der Waals surface area contributed by atoms with Gasteiger partial charge in [0.1, 0.15) is 0 Å². The molecule has 1 unspecified atom stereocenters. The van der Waals surface area contributed by atoms with Gasteiger partial charge in [-0.1, -0.05) is 36.4 Å². The molecule has 4 rings (SSSR count). The highest BCUT2D eigenvalue weighted by Gasteiger charge is 2.27. The van der Waals surface area contributed by atoms with Gasteiger partial charge in [0.15, 0.2) is 0 Å². The van der Waals surface area contributed by atoms with Crippen LogP contribution in [0.1, 0.15) is 43.4 Å². The van der Waals surface area contributed by atoms with Gasteiger partial charge >= 0.3 is 0 Å². The number of piperidine rings is 2. The molecule has 0 saturated carbocycles. The second-order valence-electron chi connectivity index (χ2n) is 8.65. The second kappa shape index (κ2) is 10.7. The van der Waals surface area contributed by atoms with Crippen LogP contribution >= 0.6 is 0 Å². The minimum absolute atomic E-state index is 0.123. The average Bonchev–Trinajstić information content (AvgIpc) is 2.80. The number of rotatable bonds is 7. The molecule has 0 radical (unpaired) electrons. The number of benzene rings is 1. The fraction of sp³-hybridized carbons (Fsp3) is 0.520. The first-order chi connectivity index (χ1) is 14.8. The quantitative estimate of drug-likeness (QED) is 0.699. The second-order valence-corrected chi connectivity index (χ2v) is 8.65. The molecule has 0 spiro atoms. The Kier molecular flexibility index (Phi) is 7.49. The molecule has 30 heavy (non-hydrogen) atoms. The largest absolute Gasteiger partial charge is 0.370 e. The van der Waals surface area contributed by atoms with Crippen molar-refractivity contribution in [3.8, 4) is 0 Å². The van der Waals surface area contributed by atoms with E-state index in [1.165, 1.54) is 5.56 Å². The van der Waals surface area contributed by atoms with Gasteiger partial charge in [0.05, 0.1) is 18.4 Å². The molecule has 2 aromatic rings. The lowest BCUT2D eigenvalue weighted by atomic mass is 9.92. The van der Waals surface area contributed by atoms with Crippen LogP contribution in [0, 0.1) is 5.92 Å². The summed E-state index contributed by atoms with van der Waals surface area (Å²) in [7, 11) is 0. The van der Waals surface area contributed by atoms with E-state index in [2.05, 4.69) is 40.2 Å². The van der Waals surface area contributed by atoms with Gasteiger partial charge in [-0.2, -0.15) is 0 Å². The van der Waals surface area contributed by atoms with Gasteiger partial charge in [0.25, 0.3) is 0 Å². The summed E-state index contributed by atoms with van der Waals surface area (Å²) in [6.07, 6.45) is 6.88. The minimum Gasteiger partial charge on any atom is -0.370 e. The number of nitrogens with zero attached hydrogens (tertiary/aromatic N) is 3. The van der Waals surface area contributed by atoms with E-state index in [1.54, 1.807) is 6.20 Å². The topological polar surface area (TPSA) is 45.7 Å². The summed E-state index contributed by atoms with van der Waals surface area (Å²) in [4.78, 5) is 21.8. The fourth-order valence-electron chi connectivity index (χ4n) is 4.55. The van der Waals surface area contributed by atoms with E-state index in [9.17, 15) is 4.79 Å². The van der Waals surface area contributed by atoms with Gasteiger partial charge < -0.3 is 9.64 Å². The van der Waals surface area contributed by atoms with E-state index in [-0.39, 0.29) is 6.10 Å². The van der Waals surface area contributed by atoms with E-state index < -0.39 is 0 Å². The van der Waals surface area contributed by atoms with Crippen LogP contribution < -0.4 is 0 Å². The molecule has 5 heteroatoms. The SMILES string of the molecule is O=C(CC1CCN(Cc2ccccc2)CC1)N1CCCC(OCc2ccccn2)C1. The normalized spacial score (nSPS) is 20.9. The van der Waals surface area contributed by atoms with Crippen molar-refractivity contribution < 1.29 is 9.53 Å². The summed E-state index contributed by atoms with van der Waals surface area (Å²) >= 11 is 0. The minimum atomic E-state index is 0.123. The summed E-state index contributed by atoms with van der Waals surface area (Å²) in [5, 5.41) is 0. The summed E-state index contributed by atoms with van der Waals surface area (Å²) in [5.74, 6) is 0.821. The highest BCUT2D eigenvalue weighted by molar-refractivity contribution is 5.76. The van der Waals surface area contributed by atoms with E-state index in [0.29, 0.717) is 24.9 Å². The van der Waals surface area contributed by atoms with Crippen molar-refractivity contribution in [3.63, 3.8) is 0 Å². The average molecular weight is 408 g/mol. The number of likely N-dealkylation sites (tertiary alicyclic amines) is 2. The van der Waals surface area contributed by atoms with Crippen LogP contribution in [0.15, 0.2) is 54.7 Å². The Balaban J connectivity index is 1.18. The Bertz CT molecular complexity index is 775. The third kappa shape index (κ3) is 6.13. The fourth-order valence-corrected chi connectivity index (χ4v) is 4.55. The monoisotopic (exact) mass is 407 g/mol. The van der Waals surface area contributed by atoms with Gasteiger partial charge in [-0.25, -0.2) is 0 Å². The Hall–Kier alpha value is -2.24. The van der Waals surface area contributed by atoms with Gasteiger partial charge in [-0.15, -0.1) is 0 Å². The van der Waals surface area contributed by atoms with Crippen LogP contribution in [0.4, 0.5) is 0 Å². The summed E-state index contributed by atoms with van der Waals surface area (Å²) in [5.41, 5.74) is 2.32. The van der Waals surface area contributed by atoms with Crippen molar-refractivity contribution in [2.45, 2.75) is 51.4 Å². The summed E-state index contributed by atoms with van der Waals surface area (Å²) in [6, 6.07) is 16.5. The van der Waals surface area contributed by atoms with Crippen molar-refractivity contribution in [1.29, 1.82) is 0 Å². The molecular formula is C25H33N3O2. The number of ether oxygens (including phenoxy) is 1. The van der Waals surface area contributed by atoms with Gasteiger partial charge in [-0.05, 0) is 62.4 Å². The van der Waals surface area contributed by atoms with E-state index in [0.717, 1.165) is 64.1 Å². The summed E-state index contributed by atoms with van der Waals surface area (Å²) < 4.78 is 6.05. The lowest BCUT2D eigenvalue weighted by Gasteiger charge is -2.35. The van der Waals surface area contributed by atoms with Crippen molar-refractivity contribution >= 4 is 5.91 Å². The van der Waals surface area contributed by atoms with Crippen molar-refractivity contribution in [3.05, 3.63) is 66.0 Å². The zero-order valence-corrected chi connectivity index (χ0v) is 17.8. The van der Waals surface area contributed by atoms with Gasteiger partial charge in [-0.3, -0.25) is 14.7 Å². The molecule has 5 nitrogen and oxygen atoms in total. The number of amides is 1. The van der Waals surface area contributed by atoms with E-state index in [4.69, 9.17) is 4.74 Å². The molecule has 1 amide bonds. The van der Waals surface area contributed by atoms with Gasteiger partial charge in [0.2, 0.25) is 5.91 Å². The standard InChI is InChI=1S/C25H33N3O2/c29-25(17-21-11-15-27(16-12-21)18-22-7-2-1-3-8-22)28-14-6-10-24(19-28)30-20-23-9-4-5-13-26-23/h1-5,7-9,13,21,24H,6,10-12,14-20H2. The molecule has 2 saturated heterocycles. The Morgan fingerprint density at radius 3 is 2.57 bits per heavy atom. The molecule has 0 N–H and O–H groups in total. The third-order valence-electron chi connectivity index (χ3n) is 6.34. The molecule has 1 atom stereocenters. The number of carbonyl (C=O) groups excluding carboxylic acids is 1. The first-order valence-electron chi connectivity index (χ1n) is 11.3. The first-order valence-corrected chi connectivity index (χ1v) is 11.3. The Labute approximate surface area is 180 Å². The Morgan fingerprint density at radius 1 is 1.00 bits per heavy atom. The number of carbonyl (C=O) groups is 1. The van der Waals surface area contributed by atoms with Crippen LogP contribution in [0.2, 0.25) is 0 Å². The number of hydrogen-bond donors (Lipinski definition) is 0.